The summed E-state index contributed by atoms with van der Waals surface area (Å²) in [4.78, 5) is 23.0. The minimum atomic E-state index is -1.11. The molecule has 0 radical (unpaired) electrons. The van der Waals surface area contributed by atoms with Crippen LogP contribution >= 0.6 is 0 Å². The second kappa shape index (κ2) is 6.04. The number of nitrogens with one attached hydrogen (secondary N) is 1. The quantitative estimate of drug-likeness (QED) is 0.653. The molecule has 25 heavy (non-hydrogen) atoms. The lowest BCUT2D eigenvalue weighted by Gasteiger charge is -2.27. The minimum absolute atomic E-state index is 0.0993. The molecule has 0 aliphatic carbocycles. The molecule has 8 nitrogen and oxygen atoms in total. The number of rotatable bonds is 4. The lowest BCUT2D eigenvalue weighted by atomic mass is 9.80. The maximum atomic E-state index is 12.0. The molecule has 1 unspecified atom stereocenters. The van der Waals surface area contributed by atoms with Crippen molar-refractivity contribution in [2.24, 2.45) is 7.05 Å². The van der Waals surface area contributed by atoms with Gasteiger partial charge in [0.1, 0.15) is 5.82 Å². The molecule has 0 amide bonds. The molecule has 130 valence electrons. The van der Waals surface area contributed by atoms with Crippen LogP contribution in [0.3, 0.4) is 0 Å². The highest BCUT2D eigenvalue weighted by Crippen LogP contribution is 2.45. The first-order valence-electron chi connectivity index (χ1n) is 7.86. The number of fused-ring (bicyclic) bond motifs is 1. The van der Waals surface area contributed by atoms with Gasteiger partial charge in [0.25, 0.3) is 5.69 Å². The number of aryl methyl sites for hydroxylation is 2. The first-order valence-corrected chi connectivity index (χ1v) is 7.86. The van der Waals surface area contributed by atoms with E-state index in [-0.39, 0.29) is 11.3 Å². The predicted octanol–water partition coefficient (Wildman–Crippen LogP) is 2.81. The second-order valence-electron chi connectivity index (χ2n) is 5.90. The van der Waals surface area contributed by atoms with Crippen LogP contribution < -0.4 is 5.32 Å². The highest BCUT2D eigenvalue weighted by Gasteiger charge is 2.39. The molecule has 8 heteroatoms. The Morgan fingerprint density at radius 2 is 2.12 bits per heavy atom. The van der Waals surface area contributed by atoms with Crippen LogP contribution in [0.15, 0.2) is 35.5 Å². The molecule has 3 rings (SSSR count). The van der Waals surface area contributed by atoms with E-state index in [9.17, 15) is 20.0 Å². The summed E-state index contributed by atoms with van der Waals surface area (Å²) >= 11 is 0. The van der Waals surface area contributed by atoms with Gasteiger partial charge in [0.2, 0.25) is 0 Å². The third-order valence-corrected chi connectivity index (χ3v) is 4.46. The smallest absolute Gasteiger partial charge is 0.334 e. The first-order chi connectivity index (χ1) is 11.9. The molecule has 1 aliphatic heterocycles. The van der Waals surface area contributed by atoms with Crippen molar-refractivity contribution in [3.8, 4) is 0 Å². The monoisotopic (exact) mass is 342 g/mol. The molecule has 2 aromatic rings. The number of allylic oxidation sites excluding steroid dienone is 1. The van der Waals surface area contributed by atoms with E-state index < -0.39 is 16.8 Å². The number of hydrogen-bond donors (Lipinski definition) is 2. The van der Waals surface area contributed by atoms with E-state index in [1.165, 1.54) is 6.07 Å². The number of nitro groups is 1. The van der Waals surface area contributed by atoms with E-state index in [1.807, 2.05) is 6.92 Å². The molecule has 1 aromatic heterocycles. The van der Waals surface area contributed by atoms with Gasteiger partial charge in [0.05, 0.1) is 22.1 Å². The Bertz CT molecular complexity index is 913. The van der Waals surface area contributed by atoms with Gasteiger partial charge in [-0.2, -0.15) is 5.10 Å². The van der Waals surface area contributed by atoms with Crippen molar-refractivity contribution < 1.29 is 14.8 Å². The standard InChI is InChI=1S/C17H18N4O4/c1-4-11-15-14(10-7-5-6-8-12(10)21(24)25)13(17(22)23)9(2)18-16(15)20(3)19-11/h5-8,14,18H,4H2,1-3H3,(H,22,23). The van der Waals surface area contributed by atoms with E-state index >= 15 is 0 Å². The number of carbonyl (C=O) groups is 1. The number of carboxylic acid groups (broad SMARTS) is 1. The van der Waals surface area contributed by atoms with E-state index in [0.29, 0.717) is 29.1 Å². The molecule has 0 saturated heterocycles. The molecule has 1 aliphatic rings. The SMILES string of the molecule is CCc1nn(C)c2c1C(c1ccccc1[N+](=O)[O-])C(C(=O)O)=C(C)N2. The van der Waals surface area contributed by atoms with Crippen LogP contribution in [-0.2, 0) is 18.3 Å². The highest BCUT2D eigenvalue weighted by molar-refractivity contribution is 5.93. The van der Waals surface area contributed by atoms with Crippen molar-refractivity contribution >= 4 is 17.5 Å². The van der Waals surface area contributed by atoms with Crippen molar-refractivity contribution in [3.63, 3.8) is 0 Å². The normalized spacial score (nSPS) is 16.4. The largest absolute Gasteiger partial charge is 0.478 e. The van der Waals surface area contributed by atoms with E-state index in [1.54, 1.807) is 36.9 Å². The summed E-state index contributed by atoms with van der Waals surface area (Å²) in [7, 11) is 1.76. The number of nitrogens with zero attached hydrogens (tertiary/aromatic N) is 3. The van der Waals surface area contributed by atoms with Gasteiger partial charge >= 0.3 is 5.97 Å². The minimum Gasteiger partial charge on any atom is -0.478 e. The van der Waals surface area contributed by atoms with Crippen LogP contribution in [0.1, 0.15) is 36.6 Å². The number of aliphatic carboxylic acids is 1. The lowest BCUT2D eigenvalue weighted by Crippen LogP contribution is -2.24. The number of hydrogen-bond acceptors (Lipinski definition) is 5. The van der Waals surface area contributed by atoms with Gasteiger partial charge in [-0.15, -0.1) is 0 Å². The molecule has 1 atom stereocenters. The number of aromatic nitrogens is 2. The zero-order valence-corrected chi connectivity index (χ0v) is 14.1. The van der Waals surface area contributed by atoms with E-state index in [4.69, 9.17) is 0 Å². The van der Waals surface area contributed by atoms with Gasteiger partial charge in [0, 0.05) is 29.9 Å². The number of nitro benzene ring substituents is 1. The van der Waals surface area contributed by atoms with Crippen LogP contribution in [0.5, 0.6) is 0 Å². The summed E-state index contributed by atoms with van der Waals surface area (Å²) in [6.07, 6.45) is 0.591. The van der Waals surface area contributed by atoms with Crippen molar-refractivity contribution in [2.75, 3.05) is 5.32 Å². The molecular weight excluding hydrogens is 324 g/mol. The van der Waals surface area contributed by atoms with Gasteiger partial charge in [-0.1, -0.05) is 25.1 Å². The molecule has 1 aromatic carbocycles. The number of para-hydroxylation sites is 1. The van der Waals surface area contributed by atoms with Gasteiger partial charge in [-0.25, -0.2) is 4.79 Å². The maximum Gasteiger partial charge on any atom is 0.334 e. The van der Waals surface area contributed by atoms with E-state index in [2.05, 4.69) is 10.4 Å². The number of carboxylic acids is 1. The summed E-state index contributed by atoms with van der Waals surface area (Å²) < 4.78 is 1.65. The second-order valence-corrected chi connectivity index (χ2v) is 5.90. The summed E-state index contributed by atoms with van der Waals surface area (Å²) in [5.74, 6) is -1.19. The Hall–Kier alpha value is -3.16. The molecule has 0 saturated carbocycles. The topological polar surface area (TPSA) is 110 Å². The van der Waals surface area contributed by atoms with Gasteiger partial charge in [-0.05, 0) is 13.3 Å². The van der Waals surface area contributed by atoms with Crippen LogP contribution in [0.25, 0.3) is 0 Å². The average molecular weight is 342 g/mol. The lowest BCUT2D eigenvalue weighted by molar-refractivity contribution is -0.385. The molecule has 0 bridgehead atoms. The number of anilines is 1. The van der Waals surface area contributed by atoms with Gasteiger partial charge in [-0.3, -0.25) is 14.8 Å². The van der Waals surface area contributed by atoms with Crippen molar-refractivity contribution in [1.82, 2.24) is 9.78 Å². The predicted molar refractivity (Wildman–Crippen MR) is 91.5 cm³/mol. The Balaban J connectivity index is 2.37. The third-order valence-electron chi connectivity index (χ3n) is 4.46. The average Bonchev–Trinajstić information content (AvgIpc) is 2.89. The molecule has 0 spiro atoms. The van der Waals surface area contributed by atoms with Crippen LogP contribution in [-0.4, -0.2) is 25.8 Å². The summed E-state index contributed by atoms with van der Waals surface area (Å²) in [5, 5.41) is 28.8. The zero-order chi connectivity index (χ0) is 18.3. The Morgan fingerprint density at radius 1 is 1.44 bits per heavy atom. The maximum absolute atomic E-state index is 12.0. The van der Waals surface area contributed by atoms with Crippen LogP contribution in [0.4, 0.5) is 11.5 Å². The fourth-order valence-electron chi connectivity index (χ4n) is 3.41. The summed E-state index contributed by atoms with van der Waals surface area (Å²) in [6.45, 7) is 3.58. The van der Waals surface area contributed by atoms with Crippen molar-refractivity contribution in [1.29, 1.82) is 0 Å². The fourth-order valence-corrected chi connectivity index (χ4v) is 3.41. The van der Waals surface area contributed by atoms with Crippen LogP contribution in [0, 0.1) is 10.1 Å². The zero-order valence-electron chi connectivity index (χ0n) is 14.1. The third kappa shape index (κ3) is 2.55. The Labute approximate surface area is 143 Å². The van der Waals surface area contributed by atoms with Crippen molar-refractivity contribution in [3.05, 3.63) is 62.5 Å². The van der Waals surface area contributed by atoms with Gasteiger partial charge < -0.3 is 10.4 Å². The van der Waals surface area contributed by atoms with Crippen LogP contribution in [0.2, 0.25) is 0 Å². The molecule has 0 fully saturated rings. The first kappa shape index (κ1) is 16.7. The summed E-state index contributed by atoms with van der Waals surface area (Å²) in [6, 6.07) is 6.26. The highest BCUT2D eigenvalue weighted by atomic mass is 16.6. The Kier molecular flexibility index (Phi) is 4.03. The molecular formula is C17H18N4O4. The van der Waals surface area contributed by atoms with Gasteiger partial charge in [0.15, 0.2) is 0 Å². The van der Waals surface area contributed by atoms with E-state index in [0.717, 1.165) is 5.69 Å². The summed E-state index contributed by atoms with van der Waals surface area (Å²) in [5.41, 5.74) is 2.22. The Morgan fingerprint density at radius 3 is 2.72 bits per heavy atom. The molecule has 2 N–H and O–H groups in total. The fraction of sp³-hybridized carbons (Fsp3) is 0.294. The van der Waals surface area contributed by atoms with Crippen molar-refractivity contribution in [2.45, 2.75) is 26.2 Å². The molecule has 2 heterocycles. The number of benzene rings is 1.